The largest absolute Gasteiger partial charge is 0.351 e. The van der Waals surface area contributed by atoms with Gasteiger partial charge in [-0.15, -0.1) is 0 Å². The highest BCUT2D eigenvalue weighted by molar-refractivity contribution is 9.10. The highest BCUT2D eigenvalue weighted by Gasteiger charge is 2.21. The van der Waals surface area contributed by atoms with Gasteiger partial charge in [-0.25, -0.2) is 4.79 Å². The summed E-state index contributed by atoms with van der Waals surface area (Å²) in [5.74, 6) is -0.811. The lowest BCUT2D eigenvalue weighted by Crippen LogP contribution is -2.48. The van der Waals surface area contributed by atoms with Gasteiger partial charge in [-0.3, -0.25) is 19.8 Å². The van der Waals surface area contributed by atoms with Gasteiger partial charge in [0.25, 0.3) is 0 Å². The molecule has 7 nitrogen and oxygen atoms in total. The van der Waals surface area contributed by atoms with Crippen LogP contribution in [0.5, 0.6) is 0 Å². The van der Waals surface area contributed by atoms with Crippen LogP contribution in [0.2, 0.25) is 0 Å². The second-order valence-corrected chi connectivity index (χ2v) is 5.87. The number of rotatable bonds is 5. The fourth-order valence-corrected chi connectivity index (χ4v) is 2.22. The second-order valence-electron chi connectivity index (χ2n) is 4.95. The van der Waals surface area contributed by atoms with Crippen LogP contribution in [0, 0.1) is 6.92 Å². The van der Waals surface area contributed by atoms with Crippen molar-refractivity contribution in [2.24, 2.45) is 5.73 Å². The number of likely N-dealkylation sites (N-methyl/N-ethyl adjacent to an activating group) is 1. The van der Waals surface area contributed by atoms with Crippen molar-refractivity contribution in [3.63, 3.8) is 0 Å². The Morgan fingerprint density at radius 3 is 2.55 bits per heavy atom. The number of nitrogens with two attached hydrogens (primary N) is 1. The molecule has 0 heterocycles. The number of halogens is 1. The summed E-state index contributed by atoms with van der Waals surface area (Å²) in [6.07, 6.45) is 0. The van der Waals surface area contributed by atoms with E-state index in [0.29, 0.717) is 5.69 Å². The molecule has 120 valence electrons. The minimum Gasteiger partial charge on any atom is -0.351 e. The van der Waals surface area contributed by atoms with E-state index in [1.807, 2.05) is 24.4 Å². The molecule has 0 aromatic heterocycles. The highest BCUT2D eigenvalue weighted by Crippen LogP contribution is 2.19. The molecule has 1 aromatic carbocycles. The molecule has 1 atom stereocenters. The number of amides is 4. The predicted octanol–water partition coefficient (Wildman–Crippen LogP) is 1.21. The molecular weight excluding hydrogens is 352 g/mol. The van der Waals surface area contributed by atoms with Crippen molar-refractivity contribution in [1.82, 2.24) is 10.2 Å². The normalized spacial score (nSPS) is 11.9. The number of carbonyl (C=O) groups is 3. The van der Waals surface area contributed by atoms with E-state index >= 15 is 0 Å². The predicted molar refractivity (Wildman–Crippen MR) is 87.3 cm³/mol. The number of anilines is 1. The summed E-state index contributed by atoms with van der Waals surface area (Å²) in [4.78, 5) is 35.8. The van der Waals surface area contributed by atoms with Crippen molar-refractivity contribution in [1.29, 1.82) is 0 Å². The molecule has 1 aromatic rings. The number of imide groups is 1. The van der Waals surface area contributed by atoms with Crippen molar-refractivity contribution >= 4 is 39.5 Å². The van der Waals surface area contributed by atoms with E-state index in [1.54, 1.807) is 20.0 Å². The van der Waals surface area contributed by atoms with Crippen LogP contribution >= 0.6 is 15.9 Å². The number of hydrogen-bond acceptors (Lipinski definition) is 4. The van der Waals surface area contributed by atoms with Crippen LogP contribution in [-0.2, 0) is 9.59 Å². The maximum absolute atomic E-state index is 12.0. The van der Waals surface area contributed by atoms with Gasteiger partial charge in [-0.05, 0) is 44.7 Å². The summed E-state index contributed by atoms with van der Waals surface area (Å²) in [5.41, 5.74) is 6.52. The van der Waals surface area contributed by atoms with E-state index < -0.39 is 18.0 Å². The number of hydrogen-bond donors (Lipinski definition) is 3. The van der Waals surface area contributed by atoms with E-state index in [-0.39, 0.29) is 12.5 Å². The molecule has 0 spiro atoms. The fraction of sp³-hybridized carbons (Fsp3) is 0.357. The summed E-state index contributed by atoms with van der Waals surface area (Å²) < 4.78 is 0.928. The molecule has 0 saturated carbocycles. The van der Waals surface area contributed by atoms with Crippen molar-refractivity contribution in [3.8, 4) is 0 Å². The molecule has 1 unspecified atom stereocenters. The molecule has 22 heavy (non-hydrogen) atoms. The number of nitrogens with one attached hydrogen (secondary N) is 2. The van der Waals surface area contributed by atoms with Gasteiger partial charge < -0.3 is 11.1 Å². The van der Waals surface area contributed by atoms with Gasteiger partial charge >= 0.3 is 6.03 Å². The summed E-state index contributed by atoms with van der Waals surface area (Å²) in [5, 5.41) is 4.76. The number of carbonyl (C=O) groups excluding carboxylic acids is 3. The van der Waals surface area contributed by atoms with Gasteiger partial charge in [-0.1, -0.05) is 15.9 Å². The van der Waals surface area contributed by atoms with Crippen LogP contribution in [-0.4, -0.2) is 42.4 Å². The maximum atomic E-state index is 12.0. The smallest absolute Gasteiger partial charge is 0.318 e. The van der Waals surface area contributed by atoms with Crippen LogP contribution in [0.1, 0.15) is 12.5 Å². The first-order valence-corrected chi connectivity index (χ1v) is 7.36. The molecule has 0 aliphatic carbocycles. The van der Waals surface area contributed by atoms with Crippen LogP contribution in [0.25, 0.3) is 0 Å². The van der Waals surface area contributed by atoms with Gasteiger partial charge in [0, 0.05) is 10.2 Å². The third-order valence-electron chi connectivity index (χ3n) is 3.14. The van der Waals surface area contributed by atoms with E-state index in [0.717, 1.165) is 10.0 Å². The maximum Gasteiger partial charge on any atom is 0.318 e. The van der Waals surface area contributed by atoms with Crippen LogP contribution < -0.4 is 16.4 Å². The topological polar surface area (TPSA) is 105 Å². The van der Waals surface area contributed by atoms with Gasteiger partial charge in [0.15, 0.2) is 0 Å². The van der Waals surface area contributed by atoms with E-state index in [4.69, 9.17) is 5.73 Å². The molecule has 8 heteroatoms. The lowest BCUT2D eigenvalue weighted by molar-refractivity contribution is -0.125. The first-order chi connectivity index (χ1) is 10.2. The van der Waals surface area contributed by atoms with Crippen molar-refractivity contribution < 1.29 is 14.4 Å². The standard InChI is InChI=1S/C14H19BrN4O3/c1-8-6-10(15)4-5-11(8)17-12(20)7-19(3)9(2)13(21)18-14(16)22/h4-6,9H,7H2,1-3H3,(H,17,20)(H3,16,18,21,22). The number of benzene rings is 1. The van der Waals surface area contributed by atoms with Gasteiger partial charge in [0.2, 0.25) is 11.8 Å². The fourth-order valence-electron chi connectivity index (χ4n) is 1.75. The Balaban J connectivity index is 2.60. The Labute approximate surface area is 137 Å². The molecule has 4 amide bonds. The molecular formula is C14H19BrN4O3. The minimum absolute atomic E-state index is 0.00283. The average molecular weight is 371 g/mol. The number of nitrogens with zero attached hydrogens (tertiary/aromatic N) is 1. The zero-order valence-corrected chi connectivity index (χ0v) is 14.2. The SMILES string of the molecule is Cc1cc(Br)ccc1NC(=O)CN(C)C(C)C(=O)NC(N)=O. The lowest BCUT2D eigenvalue weighted by atomic mass is 10.2. The molecule has 0 radical (unpaired) electrons. The quantitative estimate of drug-likeness (QED) is 0.724. The van der Waals surface area contributed by atoms with E-state index in [2.05, 4.69) is 21.2 Å². The molecule has 0 saturated heterocycles. The van der Waals surface area contributed by atoms with Crippen LogP contribution in [0.3, 0.4) is 0 Å². The summed E-state index contributed by atoms with van der Waals surface area (Å²) in [7, 11) is 1.61. The molecule has 1 rings (SSSR count). The summed E-state index contributed by atoms with van der Waals surface area (Å²) in [6, 6.07) is 3.93. The molecule has 0 aliphatic heterocycles. The molecule has 4 N–H and O–H groups in total. The molecule has 0 bridgehead atoms. The first kappa shape index (κ1) is 18.1. The summed E-state index contributed by atoms with van der Waals surface area (Å²) in [6.45, 7) is 3.46. The third-order valence-corrected chi connectivity index (χ3v) is 3.64. The number of aryl methyl sites for hydroxylation is 1. The summed E-state index contributed by atoms with van der Waals surface area (Å²) >= 11 is 3.35. The Bertz CT molecular complexity index is 591. The average Bonchev–Trinajstić information content (AvgIpc) is 2.40. The minimum atomic E-state index is -0.916. The van der Waals surface area contributed by atoms with Gasteiger partial charge in [-0.2, -0.15) is 0 Å². The van der Waals surface area contributed by atoms with Gasteiger partial charge in [0.05, 0.1) is 12.6 Å². The Hall–Kier alpha value is -1.93. The van der Waals surface area contributed by atoms with E-state index in [1.165, 1.54) is 4.90 Å². The first-order valence-electron chi connectivity index (χ1n) is 6.57. The zero-order chi connectivity index (χ0) is 16.9. The van der Waals surface area contributed by atoms with Crippen LogP contribution in [0.4, 0.5) is 10.5 Å². The lowest BCUT2D eigenvalue weighted by Gasteiger charge is -2.22. The van der Waals surface area contributed by atoms with Crippen molar-refractivity contribution in [3.05, 3.63) is 28.2 Å². The molecule has 0 aliphatic rings. The Morgan fingerprint density at radius 1 is 1.36 bits per heavy atom. The molecule has 0 fully saturated rings. The monoisotopic (exact) mass is 370 g/mol. The van der Waals surface area contributed by atoms with Crippen molar-refractivity contribution in [2.45, 2.75) is 19.9 Å². The Kier molecular flexibility index (Phi) is 6.51. The third kappa shape index (κ3) is 5.45. The number of primary amides is 1. The highest BCUT2D eigenvalue weighted by atomic mass is 79.9. The zero-order valence-electron chi connectivity index (χ0n) is 12.6. The van der Waals surface area contributed by atoms with Crippen LogP contribution in [0.15, 0.2) is 22.7 Å². The van der Waals surface area contributed by atoms with Crippen molar-refractivity contribution in [2.75, 3.05) is 18.9 Å². The van der Waals surface area contributed by atoms with Gasteiger partial charge in [0.1, 0.15) is 0 Å². The number of urea groups is 1. The Morgan fingerprint density at radius 2 is 2.00 bits per heavy atom. The van der Waals surface area contributed by atoms with E-state index in [9.17, 15) is 14.4 Å². The second kappa shape index (κ2) is 7.90.